The lowest BCUT2D eigenvalue weighted by Gasteiger charge is -2.25. The molecule has 164 valence electrons. The minimum atomic E-state index is -0.764. The molecule has 0 radical (unpaired) electrons. The van der Waals surface area contributed by atoms with Gasteiger partial charge in [0.1, 0.15) is 11.5 Å². The molecule has 2 aromatic carbocycles. The number of amides is 1. The zero-order chi connectivity index (χ0) is 22.7. The molecule has 0 spiro atoms. The average molecular weight is 464 g/mol. The molecule has 2 aromatic rings. The van der Waals surface area contributed by atoms with E-state index in [0.717, 1.165) is 0 Å². The van der Waals surface area contributed by atoms with Gasteiger partial charge in [-0.15, -0.1) is 0 Å². The smallest absolute Gasteiger partial charge is 0.295 e. The van der Waals surface area contributed by atoms with Gasteiger partial charge in [0.2, 0.25) is 0 Å². The van der Waals surface area contributed by atoms with Gasteiger partial charge < -0.3 is 19.5 Å². The Kier molecular flexibility index (Phi) is 7.13. The predicted octanol–water partition coefficient (Wildman–Crippen LogP) is 5.23. The summed E-state index contributed by atoms with van der Waals surface area (Å²) >= 11 is 12.4. The van der Waals surface area contributed by atoms with E-state index in [-0.39, 0.29) is 32.7 Å². The number of benzene rings is 2. The normalized spacial score (nSPS) is 17.8. The lowest BCUT2D eigenvalue weighted by atomic mass is 9.95. The molecule has 6 nitrogen and oxygen atoms in total. The predicted molar refractivity (Wildman–Crippen MR) is 120 cm³/mol. The number of ether oxygens (including phenoxy) is 2. The fourth-order valence-corrected chi connectivity index (χ4v) is 4.33. The van der Waals surface area contributed by atoms with Gasteiger partial charge in [-0.05, 0) is 43.2 Å². The van der Waals surface area contributed by atoms with Gasteiger partial charge in [0, 0.05) is 12.1 Å². The number of carbonyl (C=O) groups is 2. The molecule has 1 N–H and O–H groups in total. The number of methoxy groups -OCH3 is 1. The fraction of sp³-hybridized carbons (Fsp3) is 0.304. The number of likely N-dealkylation sites (tertiary alicyclic amines) is 1. The number of halogens is 2. The third kappa shape index (κ3) is 4.36. The molecule has 0 aromatic heterocycles. The maximum Gasteiger partial charge on any atom is 0.295 e. The molecule has 1 amide bonds. The first-order valence-corrected chi connectivity index (χ1v) is 10.6. The minimum Gasteiger partial charge on any atom is -0.507 e. The molecule has 1 aliphatic heterocycles. The molecule has 3 rings (SSSR count). The van der Waals surface area contributed by atoms with Gasteiger partial charge in [-0.3, -0.25) is 9.59 Å². The Morgan fingerprint density at radius 1 is 1.13 bits per heavy atom. The molecule has 0 bridgehead atoms. The summed E-state index contributed by atoms with van der Waals surface area (Å²) in [5, 5.41) is 11.5. The van der Waals surface area contributed by atoms with Crippen LogP contribution in [-0.4, -0.2) is 42.0 Å². The van der Waals surface area contributed by atoms with E-state index >= 15 is 0 Å². The molecule has 1 fully saturated rings. The molecule has 1 heterocycles. The van der Waals surface area contributed by atoms with Crippen molar-refractivity contribution in [2.75, 3.05) is 20.3 Å². The summed E-state index contributed by atoms with van der Waals surface area (Å²) in [6.07, 6.45) is 0.648. The summed E-state index contributed by atoms with van der Waals surface area (Å²) in [6, 6.07) is 9.27. The zero-order valence-electron chi connectivity index (χ0n) is 17.4. The first-order valence-electron chi connectivity index (χ1n) is 9.88. The first kappa shape index (κ1) is 23.0. The number of hydrogen-bond donors (Lipinski definition) is 1. The molecule has 1 unspecified atom stereocenters. The quantitative estimate of drug-likeness (QED) is 0.345. The van der Waals surface area contributed by atoms with E-state index < -0.39 is 17.7 Å². The Labute approximate surface area is 191 Å². The van der Waals surface area contributed by atoms with Crippen molar-refractivity contribution in [3.63, 3.8) is 0 Å². The Hall–Kier alpha value is -2.70. The average Bonchev–Trinajstić information content (AvgIpc) is 2.99. The van der Waals surface area contributed by atoms with Crippen LogP contribution >= 0.6 is 23.2 Å². The number of aliphatic hydroxyl groups excluding tert-OH is 1. The van der Waals surface area contributed by atoms with Gasteiger partial charge in [-0.1, -0.05) is 42.3 Å². The van der Waals surface area contributed by atoms with Crippen LogP contribution in [0.4, 0.5) is 0 Å². The fourth-order valence-electron chi connectivity index (χ4n) is 3.69. The Morgan fingerprint density at radius 3 is 2.39 bits per heavy atom. The molecule has 8 heteroatoms. The van der Waals surface area contributed by atoms with E-state index in [1.165, 1.54) is 24.1 Å². The van der Waals surface area contributed by atoms with Crippen LogP contribution < -0.4 is 9.47 Å². The van der Waals surface area contributed by atoms with E-state index in [1.807, 2.05) is 13.8 Å². The minimum absolute atomic E-state index is 0.0237. The summed E-state index contributed by atoms with van der Waals surface area (Å²) in [6.45, 7) is 4.61. The number of hydrogen-bond acceptors (Lipinski definition) is 5. The molecule has 1 saturated heterocycles. The Morgan fingerprint density at radius 2 is 1.81 bits per heavy atom. The molecular formula is C23H23Cl2NO5. The lowest BCUT2D eigenvalue weighted by molar-refractivity contribution is -0.139. The molecule has 1 aliphatic rings. The van der Waals surface area contributed by atoms with Crippen molar-refractivity contribution in [1.82, 2.24) is 4.90 Å². The monoisotopic (exact) mass is 463 g/mol. The molecular weight excluding hydrogens is 441 g/mol. The lowest BCUT2D eigenvalue weighted by Crippen LogP contribution is -2.30. The van der Waals surface area contributed by atoms with Crippen molar-refractivity contribution in [3.05, 3.63) is 63.1 Å². The summed E-state index contributed by atoms with van der Waals surface area (Å²) in [4.78, 5) is 27.2. The van der Waals surface area contributed by atoms with Gasteiger partial charge in [0.25, 0.3) is 11.7 Å². The summed E-state index contributed by atoms with van der Waals surface area (Å²) < 4.78 is 10.7. The van der Waals surface area contributed by atoms with Gasteiger partial charge in [0.05, 0.1) is 35.4 Å². The summed E-state index contributed by atoms with van der Waals surface area (Å²) in [5.74, 6) is -0.915. The van der Waals surface area contributed by atoms with E-state index in [2.05, 4.69) is 0 Å². The van der Waals surface area contributed by atoms with E-state index in [0.29, 0.717) is 30.9 Å². The van der Waals surface area contributed by atoms with Crippen LogP contribution in [0.5, 0.6) is 11.5 Å². The van der Waals surface area contributed by atoms with Crippen molar-refractivity contribution >= 4 is 40.7 Å². The van der Waals surface area contributed by atoms with Crippen molar-refractivity contribution < 1.29 is 24.2 Å². The Balaban J connectivity index is 2.21. The number of rotatable bonds is 7. The standard InChI is InChI=1S/C23H23Cl2NO5/c1-4-9-26-19(13-7-6-8-15(10-13)31-5-2)18(21(28)23(26)29)20(27)14-11-16(24)22(30-3)17(25)12-14/h6-8,10-12,19,27H,4-5,9H2,1-3H3/b20-18+. The first-order chi connectivity index (χ1) is 14.8. The van der Waals surface area contributed by atoms with Crippen LogP contribution in [0.15, 0.2) is 42.0 Å². The Bertz CT molecular complexity index is 1030. The second-order valence-corrected chi connectivity index (χ2v) is 7.79. The van der Waals surface area contributed by atoms with Gasteiger partial charge in [0.15, 0.2) is 5.75 Å². The molecule has 31 heavy (non-hydrogen) atoms. The van der Waals surface area contributed by atoms with Crippen LogP contribution in [-0.2, 0) is 9.59 Å². The number of Topliss-reactive ketones (excluding diaryl/α,β-unsaturated/α-hetero) is 1. The van der Waals surface area contributed by atoms with E-state index in [9.17, 15) is 14.7 Å². The van der Waals surface area contributed by atoms with E-state index in [1.54, 1.807) is 24.3 Å². The van der Waals surface area contributed by atoms with E-state index in [4.69, 9.17) is 32.7 Å². The van der Waals surface area contributed by atoms with Crippen LogP contribution in [0.3, 0.4) is 0 Å². The zero-order valence-corrected chi connectivity index (χ0v) is 19.0. The van der Waals surface area contributed by atoms with Crippen molar-refractivity contribution in [2.24, 2.45) is 0 Å². The second kappa shape index (κ2) is 9.62. The highest BCUT2D eigenvalue weighted by atomic mass is 35.5. The molecule has 0 saturated carbocycles. The van der Waals surface area contributed by atoms with Crippen LogP contribution in [0, 0.1) is 0 Å². The van der Waals surface area contributed by atoms with Crippen LogP contribution in [0.1, 0.15) is 37.4 Å². The highest BCUT2D eigenvalue weighted by Crippen LogP contribution is 2.42. The third-order valence-electron chi connectivity index (χ3n) is 4.97. The van der Waals surface area contributed by atoms with Crippen molar-refractivity contribution in [1.29, 1.82) is 0 Å². The van der Waals surface area contributed by atoms with Gasteiger partial charge in [-0.2, -0.15) is 0 Å². The van der Waals surface area contributed by atoms with Crippen molar-refractivity contribution in [3.8, 4) is 11.5 Å². The summed E-state index contributed by atoms with van der Waals surface area (Å²) in [7, 11) is 1.42. The topological polar surface area (TPSA) is 76.1 Å². The van der Waals surface area contributed by atoms with Crippen LogP contribution in [0.2, 0.25) is 10.0 Å². The van der Waals surface area contributed by atoms with Gasteiger partial charge in [-0.25, -0.2) is 0 Å². The maximum absolute atomic E-state index is 13.0. The molecule has 0 aliphatic carbocycles. The number of aliphatic hydroxyl groups is 1. The maximum atomic E-state index is 13.0. The van der Waals surface area contributed by atoms with Gasteiger partial charge >= 0.3 is 0 Å². The number of nitrogens with zero attached hydrogens (tertiary/aromatic N) is 1. The largest absolute Gasteiger partial charge is 0.507 e. The van der Waals surface area contributed by atoms with Crippen molar-refractivity contribution in [2.45, 2.75) is 26.3 Å². The highest BCUT2D eigenvalue weighted by molar-refractivity contribution is 6.46. The number of ketones is 1. The second-order valence-electron chi connectivity index (χ2n) is 6.97. The SMILES string of the molecule is CCCN1C(=O)C(=O)/C(=C(/O)c2cc(Cl)c(OC)c(Cl)c2)C1c1cccc(OCC)c1. The molecule has 1 atom stereocenters. The number of carbonyl (C=O) groups excluding carboxylic acids is 2. The van der Waals surface area contributed by atoms with Crippen LogP contribution in [0.25, 0.3) is 5.76 Å². The third-order valence-corrected chi connectivity index (χ3v) is 5.53. The highest BCUT2D eigenvalue weighted by Gasteiger charge is 2.45. The summed E-state index contributed by atoms with van der Waals surface area (Å²) in [5.41, 5.74) is 0.853.